The molecule has 0 aliphatic heterocycles. The minimum Gasteiger partial charge on any atom is -0.242 e. The number of aromatic nitrogens is 2. The minimum absolute atomic E-state index is 0.555. The van der Waals surface area contributed by atoms with Crippen molar-refractivity contribution in [2.24, 2.45) is 0 Å². The van der Waals surface area contributed by atoms with Crippen LogP contribution in [0.15, 0.2) is 60.7 Å². The molecule has 46 heavy (non-hydrogen) atoms. The van der Waals surface area contributed by atoms with Crippen LogP contribution in [0, 0.1) is 22.9 Å². The molecule has 4 heteroatoms. The van der Waals surface area contributed by atoms with Crippen molar-refractivity contribution in [3.63, 3.8) is 0 Å². The van der Waals surface area contributed by atoms with E-state index in [-0.39, 0.29) is 0 Å². The van der Waals surface area contributed by atoms with E-state index < -0.39 is 16.1 Å². The van der Waals surface area contributed by atoms with Crippen LogP contribution in [-0.2, 0) is 0 Å². The zero-order valence-corrected chi connectivity index (χ0v) is 32.1. The SMILES string of the molecule is CC(C)[Si](C#Cc1ccc(C#C[Si](C(C)C)(C(C)C)C(C)C)c2nc3c4ccccc4c4ccccc4c3nc12)(C(C)C)C(C)C. The number of rotatable bonds is 6. The maximum absolute atomic E-state index is 5.50. The van der Waals surface area contributed by atoms with Crippen molar-refractivity contribution in [1.29, 1.82) is 0 Å². The van der Waals surface area contributed by atoms with Crippen molar-refractivity contribution in [3.05, 3.63) is 71.8 Å². The molecule has 0 N–H and O–H groups in total. The van der Waals surface area contributed by atoms with E-state index in [0.29, 0.717) is 33.2 Å². The predicted molar refractivity (Wildman–Crippen MR) is 208 cm³/mol. The summed E-state index contributed by atoms with van der Waals surface area (Å²) in [5, 5.41) is 4.66. The van der Waals surface area contributed by atoms with Gasteiger partial charge in [0.2, 0.25) is 0 Å². The van der Waals surface area contributed by atoms with Crippen LogP contribution >= 0.6 is 0 Å². The lowest BCUT2D eigenvalue weighted by Crippen LogP contribution is -2.43. The third kappa shape index (κ3) is 5.48. The number of nitrogens with zero attached hydrogens (tertiary/aromatic N) is 2. The molecule has 1 aromatic heterocycles. The summed E-state index contributed by atoms with van der Waals surface area (Å²) in [6, 6.07) is 21.5. The molecule has 2 nitrogen and oxygen atoms in total. The zero-order valence-electron chi connectivity index (χ0n) is 30.1. The monoisotopic (exact) mass is 640 g/mol. The van der Waals surface area contributed by atoms with Gasteiger partial charge in [-0.3, -0.25) is 0 Å². The van der Waals surface area contributed by atoms with Crippen LogP contribution in [0.1, 0.15) is 94.2 Å². The van der Waals surface area contributed by atoms with Crippen LogP contribution < -0.4 is 0 Å². The van der Waals surface area contributed by atoms with Crippen LogP contribution in [0.3, 0.4) is 0 Å². The molecule has 0 fully saturated rings. The average molecular weight is 641 g/mol. The molecule has 0 radical (unpaired) electrons. The van der Waals surface area contributed by atoms with Gasteiger partial charge in [-0.25, -0.2) is 9.97 Å². The first-order valence-electron chi connectivity index (χ1n) is 17.4. The smallest absolute Gasteiger partial charge is 0.146 e. The number of fused-ring (bicyclic) bond motifs is 7. The first kappa shape index (κ1) is 33.9. The van der Waals surface area contributed by atoms with Crippen LogP contribution in [0.2, 0.25) is 33.2 Å². The normalized spacial score (nSPS) is 12.7. The molecular weight excluding hydrogens is 589 g/mol. The Morgan fingerprint density at radius 3 is 0.957 bits per heavy atom. The zero-order chi connectivity index (χ0) is 33.6. The summed E-state index contributed by atoms with van der Waals surface area (Å²) in [4.78, 5) is 11.0. The van der Waals surface area contributed by atoms with E-state index in [0.717, 1.165) is 44.0 Å². The van der Waals surface area contributed by atoms with Gasteiger partial charge in [-0.1, -0.05) is 143 Å². The highest BCUT2D eigenvalue weighted by Crippen LogP contribution is 2.42. The molecule has 5 aromatic rings. The third-order valence-corrected chi connectivity index (χ3v) is 23.6. The van der Waals surface area contributed by atoms with E-state index in [9.17, 15) is 0 Å². The highest BCUT2D eigenvalue weighted by Gasteiger charge is 2.42. The number of hydrogen-bond donors (Lipinski definition) is 0. The lowest BCUT2D eigenvalue weighted by Gasteiger charge is -2.38. The summed E-state index contributed by atoms with van der Waals surface area (Å²) in [7, 11) is -3.91. The predicted octanol–water partition coefficient (Wildman–Crippen LogP) is 12.2. The summed E-state index contributed by atoms with van der Waals surface area (Å²) in [5.41, 5.74) is 16.8. The maximum Gasteiger partial charge on any atom is 0.146 e. The van der Waals surface area contributed by atoms with Gasteiger partial charge in [0.05, 0.1) is 22.2 Å². The van der Waals surface area contributed by atoms with E-state index in [1.807, 2.05) is 0 Å². The molecule has 0 spiro atoms. The van der Waals surface area contributed by atoms with E-state index in [4.69, 9.17) is 9.97 Å². The second kappa shape index (κ2) is 13.0. The summed E-state index contributed by atoms with van der Waals surface area (Å²) in [6.45, 7) is 28.5. The summed E-state index contributed by atoms with van der Waals surface area (Å²) < 4.78 is 0. The third-order valence-electron chi connectivity index (χ3n) is 11.0. The second-order valence-corrected chi connectivity index (χ2v) is 26.3. The van der Waals surface area contributed by atoms with E-state index in [2.05, 4.69) is 167 Å². The van der Waals surface area contributed by atoms with Gasteiger partial charge in [-0.05, 0) is 56.2 Å². The Labute approximate surface area is 279 Å². The molecule has 0 aliphatic carbocycles. The first-order chi connectivity index (χ1) is 21.8. The van der Waals surface area contributed by atoms with Gasteiger partial charge in [-0.15, -0.1) is 11.1 Å². The summed E-state index contributed by atoms with van der Waals surface area (Å²) >= 11 is 0. The van der Waals surface area contributed by atoms with Crippen molar-refractivity contribution in [1.82, 2.24) is 9.97 Å². The fourth-order valence-electron chi connectivity index (χ4n) is 8.78. The Kier molecular flexibility index (Phi) is 9.57. The van der Waals surface area contributed by atoms with Crippen molar-refractivity contribution in [2.75, 3.05) is 0 Å². The molecule has 0 unspecified atom stereocenters. The number of hydrogen-bond acceptors (Lipinski definition) is 2. The molecule has 0 amide bonds. The number of benzene rings is 4. The van der Waals surface area contributed by atoms with Crippen molar-refractivity contribution in [2.45, 2.75) is 116 Å². The lowest BCUT2D eigenvalue weighted by molar-refractivity contribution is 0.838. The Hall–Kier alpha value is -3.45. The fourth-order valence-corrected chi connectivity index (χ4v) is 19.2. The second-order valence-electron chi connectivity index (χ2n) is 15.2. The molecule has 4 aromatic carbocycles. The molecule has 0 atom stereocenters. The van der Waals surface area contributed by atoms with Gasteiger partial charge >= 0.3 is 0 Å². The van der Waals surface area contributed by atoms with Crippen LogP contribution in [0.4, 0.5) is 0 Å². The highest BCUT2D eigenvalue weighted by molar-refractivity contribution is 6.91. The standard InChI is InChI=1S/C42H52N2Si2/c1-27(2)45(28(3)4,29(5)6)25-23-33-21-22-34(24-26-46(30(7)8,31(9)10)32(11)12)40-39(33)43-41-37-19-15-13-17-35(37)36-18-14-16-20-38(36)42(41)44-40/h13-22,27-32H,1-12H3. The average Bonchev–Trinajstić information content (AvgIpc) is 3.00. The Bertz CT molecular complexity index is 1850. The summed E-state index contributed by atoms with van der Waals surface area (Å²) in [6.07, 6.45) is 0. The summed E-state index contributed by atoms with van der Waals surface area (Å²) in [5.74, 6) is 7.49. The fraction of sp³-hybridized carbons (Fsp3) is 0.429. The van der Waals surface area contributed by atoms with Crippen LogP contribution in [0.25, 0.3) is 43.6 Å². The molecule has 5 rings (SSSR count). The van der Waals surface area contributed by atoms with Gasteiger partial charge in [0.15, 0.2) is 0 Å². The Morgan fingerprint density at radius 2 is 0.674 bits per heavy atom. The van der Waals surface area contributed by atoms with E-state index >= 15 is 0 Å². The van der Waals surface area contributed by atoms with Crippen LogP contribution in [-0.4, -0.2) is 26.1 Å². The highest BCUT2D eigenvalue weighted by atomic mass is 28.3. The molecule has 0 saturated heterocycles. The molecule has 0 saturated carbocycles. The topological polar surface area (TPSA) is 25.8 Å². The molecule has 0 bridgehead atoms. The first-order valence-corrected chi connectivity index (χ1v) is 21.8. The van der Waals surface area contributed by atoms with Crippen molar-refractivity contribution < 1.29 is 0 Å². The van der Waals surface area contributed by atoms with Crippen molar-refractivity contribution >= 4 is 59.8 Å². The molecule has 0 aliphatic rings. The maximum atomic E-state index is 5.50. The van der Waals surface area contributed by atoms with E-state index in [1.165, 1.54) is 10.8 Å². The van der Waals surface area contributed by atoms with Crippen LogP contribution in [0.5, 0.6) is 0 Å². The minimum atomic E-state index is -1.95. The van der Waals surface area contributed by atoms with Crippen molar-refractivity contribution in [3.8, 4) is 22.9 Å². The lowest BCUT2D eigenvalue weighted by atomic mass is 9.99. The Morgan fingerprint density at radius 1 is 0.391 bits per heavy atom. The molecule has 238 valence electrons. The van der Waals surface area contributed by atoms with Gasteiger partial charge in [-0.2, -0.15) is 0 Å². The van der Waals surface area contributed by atoms with Gasteiger partial charge in [0.25, 0.3) is 0 Å². The largest absolute Gasteiger partial charge is 0.242 e. The quantitative estimate of drug-likeness (QED) is 0.0798. The van der Waals surface area contributed by atoms with Gasteiger partial charge < -0.3 is 0 Å². The molecular formula is C42H52N2Si2. The van der Waals surface area contributed by atoms with E-state index in [1.54, 1.807) is 0 Å². The Balaban J connectivity index is 1.92. The molecule has 1 heterocycles. The van der Waals surface area contributed by atoms with Gasteiger partial charge in [0.1, 0.15) is 27.2 Å². The van der Waals surface area contributed by atoms with Gasteiger partial charge in [0, 0.05) is 10.8 Å².